The van der Waals surface area contributed by atoms with Gasteiger partial charge >= 0.3 is 33.0 Å². The van der Waals surface area contributed by atoms with Crippen LogP contribution in [-0.2, 0) is 12.7 Å². The van der Waals surface area contributed by atoms with Crippen molar-refractivity contribution in [1.82, 2.24) is 0 Å². The van der Waals surface area contributed by atoms with Gasteiger partial charge in [0.1, 0.15) is 0 Å². The van der Waals surface area contributed by atoms with E-state index >= 15 is 0 Å². The van der Waals surface area contributed by atoms with Crippen molar-refractivity contribution in [3.63, 3.8) is 0 Å². The van der Waals surface area contributed by atoms with Gasteiger partial charge in [0.15, 0.2) is 0 Å². The van der Waals surface area contributed by atoms with Crippen molar-refractivity contribution < 1.29 is 12.7 Å². The van der Waals surface area contributed by atoms with E-state index in [2.05, 4.69) is 121 Å². The van der Waals surface area contributed by atoms with Gasteiger partial charge in [-0.1, -0.05) is 137 Å². The first-order valence-electron chi connectivity index (χ1n) is 9.70. The van der Waals surface area contributed by atoms with Crippen LogP contribution in [0.25, 0.3) is 0 Å². The van der Waals surface area contributed by atoms with Crippen LogP contribution in [-0.4, -0.2) is 5.40 Å². The Hall–Kier alpha value is -1.19. The molecule has 0 radical (unpaired) electrons. The third kappa shape index (κ3) is 6.89. The predicted molar refractivity (Wildman–Crippen MR) is 139 cm³/mol. The van der Waals surface area contributed by atoms with Crippen molar-refractivity contribution in [1.29, 1.82) is 0 Å². The minimum atomic E-state index is -0.581. The Morgan fingerprint density at radius 2 is 0.677 bits per heavy atom. The van der Waals surface area contributed by atoms with Gasteiger partial charge in [0.05, 0.1) is 0 Å². The fourth-order valence-electron chi connectivity index (χ4n) is 3.46. The van der Waals surface area contributed by atoms with Gasteiger partial charge in [-0.3, -0.25) is 0 Å². The van der Waals surface area contributed by atoms with E-state index in [1.165, 1.54) is 21.2 Å². The molecule has 0 saturated heterocycles. The van der Waals surface area contributed by atoms with Gasteiger partial charge < -0.3 is 6.92 Å². The summed E-state index contributed by atoms with van der Waals surface area (Å²) in [5, 5.41) is 5.84. The van der Waals surface area contributed by atoms with Crippen molar-refractivity contribution in [2.45, 2.75) is 5.40 Å². The van der Waals surface area contributed by atoms with E-state index in [4.69, 9.17) is 27.3 Å². The van der Waals surface area contributed by atoms with Crippen LogP contribution in [0.3, 0.4) is 0 Å². The van der Waals surface area contributed by atoms with Crippen LogP contribution >= 0.6 is 36.2 Å². The predicted octanol–water partition coefficient (Wildman–Crippen LogP) is 6.79. The average Bonchev–Trinajstić information content (AvgIpc) is 2.83. The topological polar surface area (TPSA) is 0 Å². The van der Waals surface area contributed by atoms with E-state index in [-0.39, 0.29) is 5.40 Å². The number of halogens is 2. The van der Waals surface area contributed by atoms with Gasteiger partial charge in [-0.15, -0.1) is 5.40 Å². The first-order chi connectivity index (χ1) is 15.3. The Morgan fingerprint density at radius 3 is 0.871 bits per heavy atom. The zero-order valence-corrected chi connectivity index (χ0v) is 21.1. The van der Waals surface area contributed by atoms with E-state index in [9.17, 15) is 0 Å². The molecule has 0 aliphatic rings. The van der Waals surface area contributed by atoms with Gasteiger partial charge in [-0.05, 0) is 21.2 Å². The molecular formula is C26H23Cl2NiP2. The van der Waals surface area contributed by atoms with E-state index < -0.39 is 15.8 Å². The fourth-order valence-corrected chi connectivity index (χ4v) is 9.93. The molecule has 0 spiro atoms. The molecule has 0 atom stereocenters. The van der Waals surface area contributed by atoms with Gasteiger partial charge in [0.25, 0.3) is 0 Å². The maximum absolute atomic E-state index is 4.80. The fraction of sp³-hybridized carbons (Fsp3) is 0.0385. The second kappa shape index (κ2) is 13.4. The molecule has 4 rings (SSSR count). The summed E-state index contributed by atoms with van der Waals surface area (Å²) in [5.74, 6) is 0. The SMILES string of the molecule is [CH2-]C(P(c1ccccc1)c1ccccc1)P(c1ccccc1)c1ccccc1.[Cl][Ni+][Cl]. The Morgan fingerprint density at radius 1 is 0.484 bits per heavy atom. The summed E-state index contributed by atoms with van der Waals surface area (Å²) < 4.78 is 0. The molecule has 0 aliphatic carbocycles. The molecule has 0 unspecified atom stereocenters. The molecule has 0 amide bonds. The normalized spacial score (nSPS) is 10.9. The molecule has 0 nitrogen and oxygen atoms in total. The van der Waals surface area contributed by atoms with Crippen molar-refractivity contribution in [2.24, 2.45) is 0 Å². The van der Waals surface area contributed by atoms with Crippen molar-refractivity contribution in [2.75, 3.05) is 0 Å². The summed E-state index contributed by atoms with van der Waals surface area (Å²) >= 11 is 0.569. The summed E-state index contributed by atoms with van der Waals surface area (Å²) in [5.41, 5.74) is 0. The number of benzene rings is 4. The number of hydrogen-bond donors (Lipinski definition) is 0. The molecular weight excluding hydrogens is 504 g/mol. The molecule has 5 heteroatoms. The van der Waals surface area contributed by atoms with Crippen molar-refractivity contribution >= 4 is 57.4 Å². The maximum atomic E-state index is 4.80. The Labute approximate surface area is 202 Å². The molecule has 0 aliphatic heterocycles. The average molecular weight is 527 g/mol. The van der Waals surface area contributed by atoms with E-state index in [0.29, 0.717) is 12.7 Å². The first-order valence-corrected chi connectivity index (χ1v) is 15.2. The summed E-state index contributed by atoms with van der Waals surface area (Å²) in [7, 11) is 8.24. The van der Waals surface area contributed by atoms with Crippen LogP contribution in [0.1, 0.15) is 0 Å². The van der Waals surface area contributed by atoms with Crippen molar-refractivity contribution in [3.8, 4) is 0 Å². The number of rotatable bonds is 6. The number of hydrogen-bond acceptors (Lipinski definition) is 0. The first kappa shape index (κ1) is 24.5. The van der Waals surface area contributed by atoms with Gasteiger partial charge in [0, 0.05) is 0 Å². The van der Waals surface area contributed by atoms with Crippen LogP contribution in [0.4, 0.5) is 0 Å². The Bertz CT molecular complexity index is 841. The van der Waals surface area contributed by atoms with Gasteiger partial charge in [-0.2, -0.15) is 0 Å². The molecule has 4 aromatic rings. The summed E-state index contributed by atoms with van der Waals surface area (Å²) in [6.45, 7) is 4.80. The standard InChI is InChI=1S/C26H23P2.2ClH.Ni/c1-22(27(23-14-6-2-7-15-23)24-16-8-3-9-17-24)28(25-18-10-4-11-19-25)26-20-12-5-13-21-26;;;/h2-22H,1H2;2*1H;/q-1;;;+3/p-2. The zero-order valence-electron chi connectivity index (χ0n) is 16.8. The van der Waals surface area contributed by atoms with Crippen LogP contribution in [0.2, 0.25) is 0 Å². The quantitative estimate of drug-likeness (QED) is 0.147. The Kier molecular flexibility index (Phi) is 10.6. The molecule has 0 aromatic heterocycles. The third-order valence-electron chi connectivity index (χ3n) is 4.73. The van der Waals surface area contributed by atoms with E-state index in [1.807, 2.05) is 0 Å². The monoisotopic (exact) mass is 525 g/mol. The molecule has 31 heavy (non-hydrogen) atoms. The van der Waals surface area contributed by atoms with Crippen LogP contribution in [0.15, 0.2) is 121 Å². The van der Waals surface area contributed by atoms with Crippen LogP contribution < -0.4 is 21.2 Å². The summed E-state index contributed by atoms with van der Waals surface area (Å²) in [6, 6.07) is 43.7. The molecule has 4 aromatic carbocycles. The molecule has 0 bridgehead atoms. The second-order valence-corrected chi connectivity index (χ2v) is 13.4. The van der Waals surface area contributed by atoms with Gasteiger partial charge in [-0.25, -0.2) is 0 Å². The molecule has 0 saturated carbocycles. The Balaban J connectivity index is 0.000000858. The molecule has 0 fully saturated rings. The van der Waals surface area contributed by atoms with E-state index in [0.717, 1.165) is 0 Å². The zero-order chi connectivity index (χ0) is 21.9. The summed E-state index contributed by atoms with van der Waals surface area (Å²) in [4.78, 5) is 0. The van der Waals surface area contributed by atoms with Crippen LogP contribution in [0.5, 0.6) is 0 Å². The van der Waals surface area contributed by atoms with Gasteiger partial charge in [0.2, 0.25) is 0 Å². The minimum absolute atomic E-state index is 0.277. The summed E-state index contributed by atoms with van der Waals surface area (Å²) in [6.07, 6.45) is 0. The molecule has 0 N–H and O–H groups in total. The molecule has 0 heterocycles. The third-order valence-corrected chi connectivity index (χ3v) is 10.7. The van der Waals surface area contributed by atoms with Crippen LogP contribution in [0, 0.1) is 6.92 Å². The van der Waals surface area contributed by atoms with E-state index in [1.54, 1.807) is 0 Å². The molecule has 161 valence electrons. The van der Waals surface area contributed by atoms with Crippen molar-refractivity contribution in [3.05, 3.63) is 128 Å². The second-order valence-electron chi connectivity index (χ2n) is 6.61.